The van der Waals surface area contributed by atoms with Gasteiger partial charge in [0.05, 0.1) is 29.7 Å². The van der Waals surface area contributed by atoms with Crippen LogP contribution >= 0.6 is 0 Å². The molecule has 1 aromatic heterocycles. The van der Waals surface area contributed by atoms with Crippen molar-refractivity contribution in [3.05, 3.63) is 78.1 Å². The van der Waals surface area contributed by atoms with Crippen molar-refractivity contribution in [1.82, 2.24) is 19.9 Å². The molecule has 8 nitrogen and oxygen atoms in total. The van der Waals surface area contributed by atoms with E-state index in [0.29, 0.717) is 24.2 Å². The van der Waals surface area contributed by atoms with Crippen molar-refractivity contribution in [1.29, 1.82) is 0 Å². The van der Waals surface area contributed by atoms with Crippen molar-refractivity contribution in [2.24, 2.45) is 0 Å². The standard InChI is InChI=1S/C21H20N4O4/c26-20(15-7-3-1-4-8-15)29-19-14-24(21(27)28)12-11-17(19)18-13-25(23-22-18)16-9-5-2-6-10-16/h1-10,13,17,19H,11-12,14H2,(H,27,28). The van der Waals surface area contributed by atoms with Crippen molar-refractivity contribution in [2.45, 2.75) is 18.4 Å². The van der Waals surface area contributed by atoms with Gasteiger partial charge in [-0.15, -0.1) is 5.10 Å². The minimum Gasteiger partial charge on any atom is -0.465 e. The molecule has 2 atom stereocenters. The summed E-state index contributed by atoms with van der Waals surface area (Å²) < 4.78 is 7.38. The lowest BCUT2D eigenvalue weighted by atomic mass is 9.91. The molecule has 1 fully saturated rings. The molecule has 0 spiro atoms. The normalized spacial score (nSPS) is 19.0. The highest BCUT2D eigenvalue weighted by atomic mass is 16.5. The van der Waals surface area contributed by atoms with Crippen molar-refractivity contribution in [3.8, 4) is 5.69 Å². The number of amides is 1. The quantitative estimate of drug-likeness (QED) is 0.686. The smallest absolute Gasteiger partial charge is 0.407 e. The molecule has 148 valence electrons. The van der Waals surface area contributed by atoms with Crippen LogP contribution in [0.4, 0.5) is 4.79 Å². The third kappa shape index (κ3) is 4.11. The predicted molar refractivity (Wildman–Crippen MR) is 104 cm³/mol. The number of hydrogen-bond donors (Lipinski definition) is 1. The monoisotopic (exact) mass is 392 g/mol. The molecule has 4 rings (SSSR count). The van der Waals surface area contributed by atoms with Gasteiger partial charge in [-0.25, -0.2) is 14.3 Å². The Bertz CT molecular complexity index is 990. The first-order valence-electron chi connectivity index (χ1n) is 9.33. The SMILES string of the molecule is O=C(OC1CN(C(=O)O)CCC1c1cn(-c2ccccc2)nn1)c1ccccc1. The van der Waals surface area contributed by atoms with Crippen molar-refractivity contribution in [3.63, 3.8) is 0 Å². The van der Waals surface area contributed by atoms with Gasteiger partial charge in [-0.05, 0) is 30.7 Å². The largest absolute Gasteiger partial charge is 0.465 e. The van der Waals surface area contributed by atoms with Crippen LogP contribution in [-0.4, -0.2) is 56.3 Å². The molecule has 1 N–H and O–H groups in total. The van der Waals surface area contributed by atoms with Gasteiger partial charge in [-0.3, -0.25) is 0 Å². The van der Waals surface area contributed by atoms with Crippen LogP contribution in [0, 0.1) is 0 Å². The van der Waals surface area contributed by atoms with Gasteiger partial charge in [0.2, 0.25) is 0 Å². The van der Waals surface area contributed by atoms with Gasteiger partial charge in [0.25, 0.3) is 0 Å². The zero-order chi connectivity index (χ0) is 20.2. The Morgan fingerprint density at radius 3 is 2.41 bits per heavy atom. The summed E-state index contributed by atoms with van der Waals surface area (Å²) in [5.41, 5.74) is 1.96. The van der Waals surface area contributed by atoms with Crippen LogP contribution in [0.25, 0.3) is 5.69 Å². The molecule has 3 aromatic rings. The summed E-state index contributed by atoms with van der Waals surface area (Å²) in [6.45, 7) is 0.439. The first kappa shape index (κ1) is 18.7. The second kappa shape index (κ2) is 8.14. The molecule has 8 heteroatoms. The van der Waals surface area contributed by atoms with Crippen molar-refractivity contribution in [2.75, 3.05) is 13.1 Å². The maximum Gasteiger partial charge on any atom is 0.407 e. The Balaban J connectivity index is 1.58. The molecule has 29 heavy (non-hydrogen) atoms. The number of likely N-dealkylation sites (tertiary alicyclic amines) is 1. The summed E-state index contributed by atoms with van der Waals surface area (Å²) in [6.07, 6.45) is 0.623. The molecule has 1 aliphatic heterocycles. The molecule has 2 heterocycles. The number of carbonyl (C=O) groups excluding carboxylic acids is 1. The highest BCUT2D eigenvalue weighted by Gasteiger charge is 2.37. The van der Waals surface area contributed by atoms with Crippen LogP contribution in [0.2, 0.25) is 0 Å². The molecule has 0 saturated carbocycles. The molecule has 2 aromatic carbocycles. The number of carbonyl (C=O) groups is 2. The fourth-order valence-electron chi connectivity index (χ4n) is 3.48. The number of esters is 1. The van der Waals surface area contributed by atoms with Gasteiger partial charge in [0.15, 0.2) is 0 Å². The fourth-order valence-corrected chi connectivity index (χ4v) is 3.48. The van der Waals surface area contributed by atoms with E-state index < -0.39 is 18.2 Å². The highest BCUT2D eigenvalue weighted by Crippen LogP contribution is 2.30. The van der Waals surface area contributed by atoms with Gasteiger partial charge >= 0.3 is 12.1 Å². The number of carboxylic acid groups (broad SMARTS) is 1. The zero-order valence-electron chi connectivity index (χ0n) is 15.6. The van der Waals surface area contributed by atoms with Gasteiger partial charge in [0, 0.05) is 12.5 Å². The lowest BCUT2D eigenvalue weighted by molar-refractivity contribution is -0.000604. The van der Waals surface area contributed by atoms with Crippen molar-refractivity contribution >= 4 is 12.1 Å². The summed E-state index contributed by atoms with van der Waals surface area (Å²) in [5, 5.41) is 17.8. The van der Waals surface area contributed by atoms with Gasteiger partial charge in [0.1, 0.15) is 6.10 Å². The summed E-state index contributed by atoms with van der Waals surface area (Å²) in [4.78, 5) is 25.3. The number of benzene rings is 2. The first-order chi connectivity index (χ1) is 14.1. The summed E-state index contributed by atoms with van der Waals surface area (Å²) in [7, 11) is 0. The maximum atomic E-state index is 12.6. The molecule has 1 amide bonds. The first-order valence-corrected chi connectivity index (χ1v) is 9.33. The van der Waals surface area contributed by atoms with E-state index in [0.717, 1.165) is 5.69 Å². The minimum absolute atomic E-state index is 0.0940. The number of rotatable bonds is 4. The van der Waals surface area contributed by atoms with E-state index >= 15 is 0 Å². The van der Waals surface area contributed by atoms with Crippen LogP contribution < -0.4 is 0 Å². The number of ether oxygens (including phenoxy) is 1. The van der Waals surface area contributed by atoms with Crippen LogP contribution in [0.3, 0.4) is 0 Å². The second-order valence-electron chi connectivity index (χ2n) is 6.86. The average Bonchev–Trinajstić information content (AvgIpc) is 3.25. The van der Waals surface area contributed by atoms with E-state index in [1.165, 1.54) is 4.90 Å². The zero-order valence-corrected chi connectivity index (χ0v) is 15.6. The molecule has 2 unspecified atom stereocenters. The van der Waals surface area contributed by atoms with E-state index in [1.807, 2.05) is 36.4 Å². The van der Waals surface area contributed by atoms with Gasteiger partial charge < -0.3 is 14.7 Å². The molecule has 1 aliphatic rings. The summed E-state index contributed by atoms with van der Waals surface area (Å²) in [5.74, 6) is -0.723. The van der Waals surface area contributed by atoms with Gasteiger partial charge in [-0.1, -0.05) is 41.6 Å². The third-order valence-electron chi connectivity index (χ3n) is 5.01. The molecular weight excluding hydrogens is 372 g/mol. The summed E-state index contributed by atoms with van der Waals surface area (Å²) in [6, 6.07) is 18.2. The lowest BCUT2D eigenvalue weighted by Crippen LogP contribution is -2.47. The number of para-hydroxylation sites is 1. The highest BCUT2D eigenvalue weighted by molar-refractivity contribution is 5.89. The van der Waals surface area contributed by atoms with E-state index in [9.17, 15) is 14.7 Å². The van der Waals surface area contributed by atoms with E-state index in [-0.39, 0.29) is 12.5 Å². The molecule has 0 bridgehead atoms. The molecule has 1 saturated heterocycles. The number of nitrogens with zero attached hydrogens (tertiary/aromatic N) is 4. The molecule has 0 radical (unpaired) electrons. The second-order valence-corrected chi connectivity index (χ2v) is 6.86. The Hall–Kier alpha value is -3.68. The van der Waals surface area contributed by atoms with Crippen LogP contribution in [0.5, 0.6) is 0 Å². The molecule has 0 aliphatic carbocycles. The number of aromatic nitrogens is 3. The predicted octanol–water partition coefficient (Wildman–Crippen LogP) is 2.96. The molecular formula is C21H20N4O4. The fraction of sp³-hybridized carbons (Fsp3) is 0.238. The van der Waals surface area contributed by atoms with E-state index in [1.54, 1.807) is 35.1 Å². The van der Waals surface area contributed by atoms with Crippen molar-refractivity contribution < 1.29 is 19.4 Å². The maximum absolute atomic E-state index is 12.6. The third-order valence-corrected chi connectivity index (χ3v) is 5.01. The topological polar surface area (TPSA) is 97.6 Å². The van der Waals surface area contributed by atoms with E-state index in [4.69, 9.17) is 4.74 Å². The Morgan fingerprint density at radius 1 is 1.03 bits per heavy atom. The Labute approximate surface area is 167 Å². The summed E-state index contributed by atoms with van der Waals surface area (Å²) >= 11 is 0. The van der Waals surface area contributed by atoms with Gasteiger partial charge in [-0.2, -0.15) is 0 Å². The van der Waals surface area contributed by atoms with Crippen LogP contribution in [-0.2, 0) is 4.74 Å². The Morgan fingerprint density at radius 2 is 1.72 bits per heavy atom. The minimum atomic E-state index is -1.03. The van der Waals surface area contributed by atoms with Crippen LogP contribution in [0.15, 0.2) is 66.9 Å². The van der Waals surface area contributed by atoms with Crippen LogP contribution in [0.1, 0.15) is 28.4 Å². The Kier molecular flexibility index (Phi) is 5.24. The lowest BCUT2D eigenvalue weighted by Gasteiger charge is -2.35. The van der Waals surface area contributed by atoms with E-state index in [2.05, 4.69) is 10.3 Å². The average molecular weight is 392 g/mol. The number of piperidine rings is 1. The number of hydrogen-bond acceptors (Lipinski definition) is 5.